The number of nitrogens with zero attached hydrogens (tertiary/aromatic N) is 1. The zero-order valence-electron chi connectivity index (χ0n) is 15.3. The van der Waals surface area contributed by atoms with Crippen LogP contribution in [0.2, 0.25) is 0 Å². The SMILES string of the molecule is O=C(NC(=O)c1cccc2ccccc12)Nc1ccc(Oc2ccncc2)cc1. The molecule has 6 nitrogen and oxygen atoms in total. The minimum absolute atomic E-state index is 0.444. The molecule has 3 aromatic carbocycles. The number of amides is 3. The van der Waals surface area contributed by atoms with Crippen LogP contribution < -0.4 is 15.4 Å². The average Bonchev–Trinajstić information content (AvgIpc) is 2.75. The van der Waals surface area contributed by atoms with Crippen molar-refractivity contribution in [3.05, 3.63) is 96.8 Å². The van der Waals surface area contributed by atoms with Crippen LogP contribution in [0.25, 0.3) is 10.8 Å². The maximum Gasteiger partial charge on any atom is 0.326 e. The number of hydrogen-bond donors (Lipinski definition) is 2. The summed E-state index contributed by atoms with van der Waals surface area (Å²) in [5.74, 6) is 0.824. The second-order valence-electron chi connectivity index (χ2n) is 6.24. The molecule has 6 heteroatoms. The third-order valence-corrected chi connectivity index (χ3v) is 4.26. The number of carbonyl (C=O) groups is 2. The lowest BCUT2D eigenvalue weighted by Crippen LogP contribution is -2.34. The molecular weight excluding hydrogens is 366 g/mol. The minimum Gasteiger partial charge on any atom is -0.457 e. The standard InChI is InChI=1S/C23H17N3O3/c27-22(21-7-3-5-16-4-1-2-6-20(16)21)26-23(28)25-17-8-10-18(11-9-17)29-19-12-14-24-15-13-19/h1-15H,(H2,25,26,27,28). The number of benzene rings is 3. The Morgan fingerprint density at radius 3 is 2.24 bits per heavy atom. The molecule has 2 N–H and O–H groups in total. The van der Waals surface area contributed by atoms with Gasteiger partial charge < -0.3 is 10.1 Å². The van der Waals surface area contributed by atoms with Gasteiger partial charge in [0.2, 0.25) is 0 Å². The van der Waals surface area contributed by atoms with Gasteiger partial charge in [0.05, 0.1) is 0 Å². The van der Waals surface area contributed by atoms with E-state index in [-0.39, 0.29) is 0 Å². The van der Waals surface area contributed by atoms with Gasteiger partial charge in [0.15, 0.2) is 0 Å². The highest BCUT2D eigenvalue weighted by molar-refractivity contribution is 6.13. The summed E-state index contributed by atoms with van der Waals surface area (Å²) >= 11 is 0. The number of carbonyl (C=O) groups excluding carboxylic acids is 2. The van der Waals surface area contributed by atoms with Crippen LogP contribution in [0.5, 0.6) is 11.5 Å². The van der Waals surface area contributed by atoms with Gasteiger partial charge in [0, 0.05) is 23.6 Å². The largest absolute Gasteiger partial charge is 0.457 e. The minimum atomic E-state index is -0.606. The number of anilines is 1. The van der Waals surface area contributed by atoms with Gasteiger partial charge in [-0.3, -0.25) is 15.1 Å². The van der Waals surface area contributed by atoms with Crippen molar-refractivity contribution in [2.75, 3.05) is 5.32 Å². The van der Waals surface area contributed by atoms with E-state index in [9.17, 15) is 9.59 Å². The third kappa shape index (κ3) is 4.39. The molecule has 0 saturated carbocycles. The van der Waals surface area contributed by atoms with E-state index in [4.69, 9.17) is 4.74 Å². The third-order valence-electron chi connectivity index (χ3n) is 4.26. The molecule has 29 heavy (non-hydrogen) atoms. The topological polar surface area (TPSA) is 80.3 Å². The quantitative estimate of drug-likeness (QED) is 0.520. The van der Waals surface area contributed by atoms with Crippen LogP contribution >= 0.6 is 0 Å². The van der Waals surface area contributed by atoms with E-state index in [1.807, 2.05) is 30.3 Å². The van der Waals surface area contributed by atoms with Crippen molar-refractivity contribution in [1.82, 2.24) is 10.3 Å². The van der Waals surface area contributed by atoms with Crippen LogP contribution in [0.15, 0.2) is 91.3 Å². The number of hydrogen-bond acceptors (Lipinski definition) is 4. The molecular formula is C23H17N3O3. The normalized spacial score (nSPS) is 10.3. The molecule has 0 aliphatic heterocycles. The number of ether oxygens (including phenoxy) is 1. The Balaban J connectivity index is 1.39. The van der Waals surface area contributed by atoms with E-state index in [2.05, 4.69) is 15.6 Å². The first-order chi connectivity index (χ1) is 14.2. The summed E-state index contributed by atoms with van der Waals surface area (Å²) in [5, 5.41) is 6.73. The Hall–Kier alpha value is -4.19. The van der Waals surface area contributed by atoms with Gasteiger partial charge in [-0.1, -0.05) is 36.4 Å². The van der Waals surface area contributed by atoms with Crippen LogP contribution in [0.1, 0.15) is 10.4 Å². The van der Waals surface area contributed by atoms with Gasteiger partial charge in [-0.05, 0) is 53.2 Å². The number of urea groups is 1. The lowest BCUT2D eigenvalue weighted by atomic mass is 10.0. The van der Waals surface area contributed by atoms with Crippen LogP contribution in [-0.2, 0) is 0 Å². The highest BCUT2D eigenvalue weighted by atomic mass is 16.5. The van der Waals surface area contributed by atoms with Gasteiger partial charge >= 0.3 is 6.03 Å². The van der Waals surface area contributed by atoms with Crippen LogP contribution in [0, 0.1) is 0 Å². The highest BCUT2D eigenvalue weighted by Crippen LogP contribution is 2.22. The van der Waals surface area contributed by atoms with Crippen molar-refractivity contribution >= 4 is 28.4 Å². The predicted molar refractivity (Wildman–Crippen MR) is 111 cm³/mol. The molecule has 142 valence electrons. The number of nitrogens with one attached hydrogen (secondary N) is 2. The first kappa shape index (κ1) is 18.2. The molecule has 0 bridgehead atoms. The van der Waals surface area contributed by atoms with Gasteiger partial charge in [-0.25, -0.2) is 4.79 Å². The van der Waals surface area contributed by atoms with E-state index in [0.29, 0.717) is 22.7 Å². The first-order valence-electron chi connectivity index (χ1n) is 8.97. The van der Waals surface area contributed by atoms with Gasteiger partial charge in [0.1, 0.15) is 11.5 Å². The molecule has 4 rings (SSSR count). The molecule has 0 spiro atoms. The molecule has 3 amide bonds. The molecule has 4 aromatic rings. The van der Waals surface area contributed by atoms with E-state index in [1.165, 1.54) is 0 Å². The summed E-state index contributed by atoms with van der Waals surface area (Å²) in [6.07, 6.45) is 3.28. The van der Waals surface area contributed by atoms with Crippen molar-refractivity contribution in [2.45, 2.75) is 0 Å². The molecule has 0 atom stereocenters. The average molecular weight is 383 g/mol. The zero-order chi connectivity index (χ0) is 20.1. The van der Waals surface area contributed by atoms with Crippen molar-refractivity contribution in [2.24, 2.45) is 0 Å². The Morgan fingerprint density at radius 2 is 1.45 bits per heavy atom. The fourth-order valence-electron chi connectivity index (χ4n) is 2.90. The molecule has 0 radical (unpaired) electrons. The van der Waals surface area contributed by atoms with Crippen molar-refractivity contribution in [3.63, 3.8) is 0 Å². The van der Waals surface area contributed by atoms with Gasteiger partial charge in [-0.15, -0.1) is 0 Å². The maximum atomic E-state index is 12.5. The van der Waals surface area contributed by atoms with Gasteiger partial charge in [0.25, 0.3) is 5.91 Å². The summed E-state index contributed by atoms with van der Waals surface area (Å²) in [5.41, 5.74) is 0.981. The Labute approximate surface area is 167 Å². The molecule has 1 heterocycles. The predicted octanol–water partition coefficient (Wildman–Crippen LogP) is 4.99. The monoisotopic (exact) mass is 383 g/mol. The van der Waals surface area contributed by atoms with Crippen LogP contribution in [0.4, 0.5) is 10.5 Å². The summed E-state index contributed by atoms with van der Waals surface area (Å²) < 4.78 is 5.68. The number of pyridine rings is 1. The highest BCUT2D eigenvalue weighted by Gasteiger charge is 2.13. The Kier molecular flexibility index (Phi) is 5.16. The van der Waals surface area contributed by atoms with Crippen molar-refractivity contribution in [1.29, 1.82) is 0 Å². The van der Waals surface area contributed by atoms with Crippen molar-refractivity contribution < 1.29 is 14.3 Å². The van der Waals surface area contributed by atoms with Gasteiger partial charge in [-0.2, -0.15) is 0 Å². The summed E-state index contributed by atoms with van der Waals surface area (Å²) in [7, 11) is 0. The summed E-state index contributed by atoms with van der Waals surface area (Å²) in [4.78, 5) is 28.7. The number of imide groups is 1. The summed E-state index contributed by atoms with van der Waals surface area (Å²) in [6.45, 7) is 0. The lowest BCUT2D eigenvalue weighted by Gasteiger charge is -2.10. The molecule has 0 saturated heterocycles. The second kappa shape index (κ2) is 8.22. The molecule has 0 unspecified atom stereocenters. The van der Waals surface area contributed by atoms with E-state index in [0.717, 1.165) is 10.8 Å². The Bertz CT molecular complexity index is 1150. The van der Waals surface area contributed by atoms with Crippen molar-refractivity contribution in [3.8, 4) is 11.5 Å². The molecule has 0 fully saturated rings. The van der Waals surface area contributed by atoms with E-state index in [1.54, 1.807) is 60.9 Å². The van der Waals surface area contributed by atoms with E-state index >= 15 is 0 Å². The number of fused-ring (bicyclic) bond motifs is 1. The zero-order valence-corrected chi connectivity index (χ0v) is 15.3. The smallest absolute Gasteiger partial charge is 0.326 e. The molecule has 1 aromatic heterocycles. The fraction of sp³-hybridized carbons (Fsp3) is 0. The lowest BCUT2D eigenvalue weighted by molar-refractivity contribution is 0.0968. The first-order valence-corrected chi connectivity index (χ1v) is 8.97. The van der Waals surface area contributed by atoms with E-state index < -0.39 is 11.9 Å². The molecule has 0 aliphatic carbocycles. The van der Waals surface area contributed by atoms with Crippen LogP contribution in [-0.4, -0.2) is 16.9 Å². The molecule has 0 aliphatic rings. The second-order valence-corrected chi connectivity index (χ2v) is 6.24. The fourth-order valence-corrected chi connectivity index (χ4v) is 2.90. The van der Waals surface area contributed by atoms with Crippen LogP contribution in [0.3, 0.4) is 0 Å². The number of aromatic nitrogens is 1. The number of rotatable bonds is 4. The Morgan fingerprint density at radius 1 is 0.759 bits per heavy atom. The maximum absolute atomic E-state index is 12.5. The summed E-state index contributed by atoms with van der Waals surface area (Å²) in [6, 6.07) is 22.7.